The summed E-state index contributed by atoms with van der Waals surface area (Å²) < 4.78 is 5.60. The normalized spacial score (nSPS) is 12.2. The Kier molecular flexibility index (Phi) is 3.95. The van der Waals surface area contributed by atoms with Crippen molar-refractivity contribution in [1.29, 1.82) is 0 Å². The first-order chi connectivity index (χ1) is 8.72. The molecule has 0 amide bonds. The van der Waals surface area contributed by atoms with Gasteiger partial charge in [-0.1, -0.05) is 24.3 Å². The number of hydrogen-bond acceptors (Lipinski definition) is 3. The number of rotatable bonds is 4. The van der Waals surface area contributed by atoms with Crippen molar-refractivity contribution in [1.82, 2.24) is 4.98 Å². The SMILES string of the molecule is CCOc1ccccc1C(N)c1ccc(C)nc1. The van der Waals surface area contributed by atoms with E-state index in [2.05, 4.69) is 4.98 Å². The summed E-state index contributed by atoms with van der Waals surface area (Å²) in [6.07, 6.45) is 1.82. The predicted octanol–water partition coefficient (Wildman–Crippen LogP) is 2.84. The molecule has 3 heteroatoms. The van der Waals surface area contributed by atoms with Gasteiger partial charge in [-0.25, -0.2) is 0 Å². The van der Waals surface area contributed by atoms with Gasteiger partial charge in [-0.05, 0) is 31.5 Å². The highest BCUT2D eigenvalue weighted by molar-refractivity contribution is 5.40. The molecule has 0 fully saturated rings. The van der Waals surface area contributed by atoms with E-state index in [1.54, 1.807) is 0 Å². The van der Waals surface area contributed by atoms with Crippen molar-refractivity contribution < 1.29 is 4.74 Å². The number of ether oxygens (including phenoxy) is 1. The van der Waals surface area contributed by atoms with E-state index in [0.29, 0.717) is 6.61 Å². The van der Waals surface area contributed by atoms with Gasteiger partial charge >= 0.3 is 0 Å². The Balaban J connectivity index is 2.33. The predicted molar refractivity (Wildman–Crippen MR) is 72.6 cm³/mol. The third kappa shape index (κ3) is 2.68. The van der Waals surface area contributed by atoms with Crippen molar-refractivity contribution in [3.8, 4) is 5.75 Å². The number of benzene rings is 1. The second-order valence-corrected chi connectivity index (χ2v) is 4.18. The van der Waals surface area contributed by atoms with E-state index in [4.69, 9.17) is 10.5 Å². The molecule has 0 aliphatic carbocycles. The largest absolute Gasteiger partial charge is 0.494 e. The lowest BCUT2D eigenvalue weighted by Gasteiger charge is -2.16. The Morgan fingerprint density at radius 2 is 2.00 bits per heavy atom. The van der Waals surface area contributed by atoms with Gasteiger partial charge in [0.2, 0.25) is 0 Å². The van der Waals surface area contributed by atoms with Crippen LogP contribution in [0.2, 0.25) is 0 Å². The Bertz CT molecular complexity index is 508. The maximum atomic E-state index is 6.28. The number of nitrogens with zero attached hydrogens (tertiary/aromatic N) is 1. The molecule has 0 bridgehead atoms. The molecule has 1 atom stereocenters. The van der Waals surface area contributed by atoms with E-state index < -0.39 is 0 Å². The van der Waals surface area contributed by atoms with E-state index in [-0.39, 0.29) is 6.04 Å². The fraction of sp³-hybridized carbons (Fsp3) is 0.267. The molecule has 3 nitrogen and oxygen atoms in total. The highest BCUT2D eigenvalue weighted by atomic mass is 16.5. The molecule has 0 spiro atoms. The second kappa shape index (κ2) is 5.65. The molecular formula is C15H18N2O. The van der Waals surface area contributed by atoms with Crippen molar-refractivity contribution >= 4 is 0 Å². The maximum Gasteiger partial charge on any atom is 0.124 e. The molecule has 2 N–H and O–H groups in total. The van der Waals surface area contributed by atoms with Crippen LogP contribution in [0.15, 0.2) is 42.6 Å². The minimum Gasteiger partial charge on any atom is -0.494 e. The zero-order valence-corrected chi connectivity index (χ0v) is 10.8. The van der Waals surface area contributed by atoms with Gasteiger partial charge in [-0.15, -0.1) is 0 Å². The van der Waals surface area contributed by atoms with Crippen LogP contribution in [0.25, 0.3) is 0 Å². The third-order valence-electron chi connectivity index (χ3n) is 2.85. The van der Waals surface area contributed by atoms with Gasteiger partial charge < -0.3 is 10.5 Å². The Morgan fingerprint density at radius 3 is 2.67 bits per heavy atom. The van der Waals surface area contributed by atoms with E-state index in [0.717, 1.165) is 22.6 Å². The van der Waals surface area contributed by atoms with Crippen LogP contribution in [0, 0.1) is 6.92 Å². The topological polar surface area (TPSA) is 48.1 Å². The molecule has 2 aromatic rings. The lowest BCUT2D eigenvalue weighted by Crippen LogP contribution is -2.13. The highest BCUT2D eigenvalue weighted by Crippen LogP contribution is 2.27. The fourth-order valence-corrected chi connectivity index (χ4v) is 1.87. The Hall–Kier alpha value is -1.87. The molecule has 2 rings (SSSR count). The van der Waals surface area contributed by atoms with Gasteiger partial charge in [0.1, 0.15) is 5.75 Å². The summed E-state index contributed by atoms with van der Waals surface area (Å²) in [5.41, 5.74) is 9.25. The third-order valence-corrected chi connectivity index (χ3v) is 2.85. The maximum absolute atomic E-state index is 6.28. The monoisotopic (exact) mass is 242 g/mol. The molecule has 1 aromatic heterocycles. The molecule has 0 radical (unpaired) electrons. The molecule has 0 aliphatic heterocycles. The zero-order chi connectivity index (χ0) is 13.0. The molecule has 1 aromatic carbocycles. The van der Waals surface area contributed by atoms with Crippen LogP contribution in [0.4, 0.5) is 0 Å². The summed E-state index contributed by atoms with van der Waals surface area (Å²) >= 11 is 0. The van der Waals surface area contributed by atoms with Crippen LogP contribution >= 0.6 is 0 Å². The van der Waals surface area contributed by atoms with Crippen LogP contribution in [-0.2, 0) is 0 Å². The van der Waals surface area contributed by atoms with Crippen molar-refractivity contribution in [3.05, 3.63) is 59.4 Å². The van der Waals surface area contributed by atoms with Gasteiger partial charge in [0, 0.05) is 17.5 Å². The highest BCUT2D eigenvalue weighted by Gasteiger charge is 2.13. The van der Waals surface area contributed by atoms with Gasteiger partial charge in [0.25, 0.3) is 0 Å². The van der Waals surface area contributed by atoms with Gasteiger partial charge in [-0.3, -0.25) is 4.98 Å². The van der Waals surface area contributed by atoms with Crippen LogP contribution in [0.3, 0.4) is 0 Å². The van der Waals surface area contributed by atoms with Gasteiger partial charge in [-0.2, -0.15) is 0 Å². The first-order valence-corrected chi connectivity index (χ1v) is 6.12. The van der Waals surface area contributed by atoms with Gasteiger partial charge in [0.15, 0.2) is 0 Å². The minimum atomic E-state index is -0.208. The lowest BCUT2D eigenvalue weighted by atomic mass is 10.00. The number of para-hydroxylation sites is 1. The van der Waals surface area contributed by atoms with Gasteiger partial charge in [0.05, 0.1) is 12.6 Å². The zero-order valence-electron chi connectivity index (χ0n) is 10.8. The molecule has 0 saturated heterocycles. The number of hydrogen-bond donors (Lipinski definition) is 1. The fourth-order valence-electron chi connectivity index (χ4n) is 1.87. The Morgan fingerprint density at radius 1 is 1.22 bits per heavy atom. The first-order valence-electron chi connectivity index (χ1n) is 6.12. The summed E-state index contributed by atoms with van der Waals surface area (Å²) in [6, 6.07) is 11.6. The summed E-state index contributed by atoms with van der Waals surface area (Å²) in [4.78, 5) is 4.28. The molecular weight excluding hydrogens is 224 g/mol. The number of aromatic nitrogens is 1. The molecule has 0 aliphatic rings. The lowest BCUT2D eigenvalue weighted by molar-refractivity contribution is 0.335. The molecule has 1 unspecified atom stereocenters. The number of aryl methyl sites for hydroxylation is 1. The van der Waals surface area contributed by atoms with Crippen molar-refractivity contribution in [2.24, 2.45) is 5.73 Å². The quantitative estimate of drug-likeness (QED) is 0.896. The molecule has 18 heavy (non-hydrogen) atoms. The average Bonchev–Trinajstić information content (AvgIpc) is 2.40. The summed E-state index contributed by atoms with van der Waals surface area (Å²) in [6.45, 7) is 4.56. The van der Waals surface area contributed by atoms with Crippen LogP contribution in [0.1, 0.15) is 29.8 Å². The Labute approximate surface area is 108 Å². The summed E-state index contributed by atoms with van der Waals surface area (Å²) in [5.74, 6) is 0.841. The van der Waals surface area contributed by atoms with E-state index in [1.807, 2.05) is 56.4 Å². The molecule has 1 heterocycles. The first kappa shape index (κ1) is 12.6. The van der Waals surface area contributed by atoms with E-state index >= 15 is 0 Å². The van der Waals surface area contributed by atoms with Crippen molar-refractivity contribution in [2.75, 3.05) is 6.61 Å². The van der Waals surface area contributed by atoms with Crippen LogP contribution in [0.5, 0.6) is 5.75 Å². The number of pyridine rings is 1. The van der Waals surface area contributed by atoms with E-state index in [9.17, 15) is 0 Å². The summed E-state index contributed by atoms with van der Waals surface area (Å²) in [7, 11) is 0. The molecule has 94 valence electrons. The minimum absolute atomic E-state index is 0.208. The summed E-state index contributed by atoms with van der Waals surface area (Å²) in [5, 5.41) is 0. The van der Waals surface area contributed by atoms with Crippen LogP contribution in [-0.4, -0.2) is 11.6 Å². The van der Waals surface area contributed by atoms with E-state index in [1.165, 1.54) is 0 Å². The molecule has 0 saturated carbocycles. The van der Waals surface area contributed by atoms with Crippen molar-refractivity contribution in [3.63, 3.8) is 0 Å². The standard InChI is InChI=1S/C15H18N2O/c1-3-18-14-7-5-4-6-13(14)15(16)12-9-8-11(2)17-10-12/h4-10,15H,3,16H2,1-2H3. The smallest absolute Gasteiger partial charge is 0.124 e. The number of nitrogens with two attached hydrogens (primary N) is 1. The van der Waals surface area contributed by atoms with Crippen LogP contribution < -0.4 is 10.5 Å². The average molecular weight is 242 g/mol. The second-order valence-electron chi connectivity index (χ2n) is 4.18. The van der Waals surface area contributed by atoms with Crippen molar-refractivity contribution in [2.45, 2.75) is 19.9 Å².